The quantitative estimate of drug-likeness (QED) is 0.785. The Bertz CT molecular complexity index is 221. The lowest BCUT2D eigenvalue weighted by Gasteiger charge is -2.30. The Labute approximate surface area is 107 Å². The van der Waals surface area contributed by atoms with E-state index in [9.17, 15) is 13.9 Å². The average Bonchev–Trinajstić information content (AvgIpc) is 2.14. The summed E-state index contributed by atoms with van der Waals surface area (Å²) in [5.41, 5.74) is 0. The first kappa shape index (κ1) is 15.2. The van der Waals surface area contributed by atoms with Crippen LogP contribution in [0.4, 0.5) is 8.78 Å². The predicted molar refractivity (Wildman–Crippen MR) is 69.7 cm³/mol. The summed E-state index contributed by atoms with van der Waals surface area (Å²) in [6.07, 6.45) is 1.57. The van der Waals surface area contributed by atoms with E-state index in [2.05, 4.69) is 13.8 Å². The highest BCUT2D eigenvalue weighted by Crippen LogP contribution is 2.38. The normalized spacial score (nSPS) is 26.1. The SMILES string of the molecule is CC(C)CSCC(O)CC1CCCC(F)(F)C1. The van der Waals surface area contributed by atoms with Crippen LogP contribution in [-0.2, 0) is 0 Å². The van der Waals surface area contributed by atoms with Crippen LogP contribution in [0.5, 0.6) is 0 Å². The summed E-state index contributed by atoms with van der Waals surface area (Å²) < 4.78 is 26.4. The van der Waals surface area contributed by atoms with Crippen molar-refractivity contribution < 1.29 is 13.9 Å². The van der Waals surface area contributed by atoms with Crippen LogP contribution in [0, 0.1) is 11.8 Å². The van der Waals surface area contributed by atoms with E-state index in [1.54, 1.807) is 11.8 Å². The molecule has 0 amide bonds. The summed E-state index contributed by atoms with van der Waals surface area (Å²) in [5.74, 6) is -0.161. The Morgan fingerprint density at radius 2 is 2.06 bits per heavy atom. The van der Waals surface area contributed by atoms with Crippen LogP contribution in [-0.4, -0.2) is 28.6 Å². The van der Waals surface area contributed by atoms with Crippen molar-refractivity contribution in [2.75, 3.05) is 11.5 Å². The third kappa shape index (κ3) is 6.61. The maximum absolute atomic E-state index is 13.2. The zero-order valence-corrected chi connectivity index (χ0v) is 11.6. The average molecular weight is 266 g/mol. The number of alkyl halides is 2. The summed E-state index contributed by atoms with van der Waals surface area (Å²) >= 11 is 1.72. The Hall–Kier alpha value is 0.170. The summed E-state index contributed by atoms with van der Waals surface area (Å²) in [4.78, 5) is 0. The van der Waals surface area contributed by atoms with Gasteiger partial charge in [-0.2, -0.15) is 11.8 Å². The number of halogens is 2. The van der Waals surface area contributed by atoms with Crippen LogP contribution >= 0.6 is 11.8 Å². The van der Waals surface area contributed by atoms with Gasteiger partial charge in [0.25, 0.3) is 0 Å². The highest BCUT2D eigenvalue weighted by molar-refractivity contribution is 7.99. The van der Waals surface area contributed by atoms with Crippen molar-refractivity contribution in [2.45, 2.75) is 58.0 Å². The minimum absolute atomic E-state index is 0.00778. The minimum atomic E-state index is -2.49. The van der Waals surface area contributed by atoms with Gasteiger partial charge in [-0.15, -0.1) is 0 Å². The van der Waals surface area contributed by atoms with Gasteiger partial charge in [0, 0.05) is 18.6 Å². The van der Waals surface area contributed by atoms with Crippen molar-refractivity contribution in [3.8, 4) is 0 Å². The van der Waals surface area contributed by atoms with E-state index in [0.29, 0.717) is 24.5 Å². The molecule has 0 aromatic rings. The van der Waals surface area contributed by atoms with E-state index in [1.165, 1.54) is 0 Å². The number of thioether (sulfide) groups is 1. The van der Waals surface area contributed by atoms with Gasteiger partial charge in [0.2, 0.25) is 5.92 Å². The van der Waals surface area contributed by atoms with Gasteiger partial charge in [0.15, 0.2) is 0 Å². The van der Waals surface area contributed by atoms with Gasteiger partial charge in [0.1, 0.15) is 0 Å². The maximum Gasteiger partial charge on any atom is 0.248 e. The smallest absolute Gasteiger partial charge is 0.248 e. The molecular weight excluding hydrogens is 242 g/mol. The van der Waals surface area contributed by atoms with Crippen molar-refractivity contribution in [1.82, 2.24) is 0 Å². The van der Waals surface area contributed by atoms with E-state index in [4.69, 9.17) is 0 Å². The molecule has 2 atom stereocenters. The topological polar surface area (TPSA) is 20.2 Å². The molecule has 0 bridgehead atoms. The second-order valence-corrected chi connectivity index (χ2v) is 6.71. The monoisotopic (exact) mass is 266 g/mol. The first-order valence-corrected chi connectivity index (χ1v) is 7.68. The van der Waals surface area contributed by atoms with E-state index in [-0.39, 0.29) is 18.8 Å². The lowest BCUT2D eigenvalue weighted by Crippen LogP contribution is -2.29. The third-order valence-corrected chi connectivity index (χ3v) is 4.63. The molecule has 0 spiro atoms. The van der Waals surface area contributed by atoms with Crippen molar-refractivity contribution in [2.24, 2.45) is 11.8 Å². The van der Waals surface area contributed by atoms with E-state index in [1.807, 2.05) is 0 Å². The summed E-state index contributed by atoms with van der Waals surface area (Å²) in [5, 5.41) is 9.82. The first-order valence-electron chi connectivity index (χ1n) is 6.52. The first-order chi connectivity index (χ1) is 7.89. The van der Waals surface area contributed by atoms with Crippen molar-refractivity contribution >= 4 is 11.8 Å². The van der Waals surface area contributed by atoms with E-state index >= 15 is 0 Å². The van der Waals surface area contributed by atoms with Gasteiger partial charge in [-0.25, -0.2) is 8.78 Å². The zero-order valence-electron chi connectivity index (χ0n) is 10.8. The molecule has 2 unspecified atom stereocenters. The Balaban J connectivity index is 2.19. The summed E-state index contributed by atoms with van der Waals surface area (Å²) in [6.45, 7) is 4.28. The molecule has 0 aliphatic heterocycles. The van der Waals surface area contributed by atoms with Crippen molar-refractivity contribution in [1.29, 1.82) is 0 Å². The zero-order chi connectivity index (χ0) is 12.9. The Morgan fingerprint density at radius 1 is 1.35 bits per heavy atom. The van der Waals surface area contributed by atoms with E-state index < -0.39 is 12.0 Å². The number of aliphatic hydroxyl groups is 1. The van der Waals surface area contributed by atoms with Crippen LogP contribution in [0.25, 0.3) is 0 Å². The molecule has 0 saturated heterocycles. The fourth-order valence-corrected chi connectivity index (χ4v) is 3.39. The predicted octanol–water partition coefficient (Wildman–Crippen LogP) is 3.95. The highest BCUT2D eigenvalue weighted by atomic mass is 32.2. The molecule has 4 heteroatoms. The number of hydrogen-bond donors (Lipinski definition) is 1. The van der Waals surface area contributed by atoms with Crippen molar-refractivity contribution in [3.63, 3.8) is 0 Å². The molecule has 1 N–H and O–H groups in total. The van der Waals surface area contributed by atoms with Gasteiger partial charge >= 0.3 is 0 Å². The molecule has 17 heavy (non-hydrogen) atoms. The molecule has 0 radical (unpaired) electrons. The molecule has 0 heterocycles. The lowest BCUT2D eigenvalue weighted by atomic mass is 9.83. The molecular formula is C13H24F2OS. The van der Waals surface area contributed by atoms with Gasteiger partial charge < -0.3 is 5.11 Å². The summed E-state index contributed by atoms with van der Waals surface area (Å²) in [6, 6.07) is 0. The lowest BCUT2D eigenvalue weighted by molar-refractivity contribution is -0.0579. The molecule has 0 aromatic heterocycles. The fourth-order valence-electron chi connectivity index (χ4n) is 2.37. The fraction of sp³-hybridized carbons (Fsp3) is 1.00. The molecule has 1 aliphatic rings. The summed E-state index contributed by atoms with van der Waals surface area (Å²) in [7, 11) is 0. The maximum atomic E-state index is 13.2. The number of hydrogen-bond acceptors (Lipinski definition) is 2. The number of aliphatic hydroxyl groups excluding tert-OH is 1. The third-order valence-electron chi connectivity index (χ3n) is 3.11. The standard InChI is InChI=1S/C13H24F2OS/c1-10(2)8-17-9-12(16)6-11-4-3-5-13(14,15)7-11/h10-12,16H,3-9H2,1-2H3. The second-order valence-electron chi connectivity index (χ2n) is 5.64. The minimum Gasteiger partial charge on any atom is -0.392 e. The van der Waals surface area contributed by atoms with Crippen LogP contribution in [0.1, 0.15) is 46.0 Å². The second kappa shape index (κ2) is 6.93. The van der Waals surface area contributed by atoms with Crippen LogP contribution in [0.15, 0.2) is 0 Å². The molecule has 0 aromatic carbocycles. The molecule has 1 rings (SSSR count). The van der Waals surface area contributed by atoms with Gasteiger partial charge in [-0.05, 0) is 36.9 Å². The molecule has 1 nitrogen and oxygen atoms in total. The van der Waals surface area contributed by atoms with Crippen LogP contribution in [0.3, 0.4) is 0 Å². The van der Waals surface area contributed by atoms with Gasteiger partial charge in [0.05, 0.1) is 6.10 Å². The highest BCUT2D eigenvalue weighted by Gasteiger charge is 2.36. The van der Waals surface area contributed by atoms with Gasteiger partial charge in [-0.1, -0.05) is 13.8 Å². The van der Waals surface area contributed by atoms with Gasteiger partial charge in [-0.3, -0.25) is 0 Å². The Morgan fingerprint density at radius 3 is 2.65 bits per heavy atom. The Kier molecular flexibility index (Phi) is 6.21. The van der Waals surface area contributed by atoms with Crippen LogP contribution in [0.2, 0.25) is 0 Å². The van der Waals surface area contributed by atoms with E-state index in [0.717, 1.165) is 12.2 Å². The van der Waals surface area contributed by atoms with Crippen molar-refractivity contribution in [3.05, 3.63) is 0 Å². The molecule has 1 aliphatic carbocycles. The van der Waals surface area contributed by atoms with Crippen LogP contribution < -0.4 is 0 Å². The molecule has 1 saturated carbocycles. The molecule has 102 valence electrons. The molecule has 1 fully saturated rings. The number of rotatable bonds is 6. The largest absolute Gasteiger partial charge is 0.392 e.